The fraction of sp³-hybridized carbons (Fsp3) is 0.200. The van der Waals surface area contributed by atoms with Crippen LogP contribution in [0.5, 0.6) is 0 Å². The number of aliphatic hydroxyl groups excluding tert-OH is 1. The van der Waals surface area contributed by atoms with Crippen LogP contribution in [0.4, 0.5) is 5.82 Å². The molecule has 2 aliphatic heterocycles. The van der Waals surface area contributed by atoms with Crippen molar-refractivity contribution in [1.29, 1.82) is 0 Å². The van der Waals surface area contributed by atoms with Gasteiger partial charge in [-0.3, -0.25) is 19.6 Å². The van der Waals surface area contributed by atoms with Crippen LogP contribution in [0.1, 0.15) is 11.7 Å². The molecule has 1 unspecified atom stereocenters. The molecular weight excluding hydrogens is 505 g/mol. The molecule has 2 aromatic heterocycles. The van der Waals surface area contributed by atoms with E-state index in [4.69, 9.17) is 5.73 Å². The number of carboxylic acid groups (broad SMARTS) is 1. The Morgan fingerprint density at radius 2 is 2.06 bits per heavy atom. The number of hydrogen-bond donors (Lipinski definition) is 4. The molecule has 3 aromatic rings. The molecule has 1 fully saturated rings. The molecule has 5 N–H and O–H groups in total. The molecule has 3 atom stereocenters. The van der Waals surface area contributed by atoms with Crippen LogP contribution < -0.4 is 45.7 Å². The topological polar surface area (TPSA) is 190 Å². The van der Waals surface area contributed by atoms with Crippen LogP contribution in [0, 0.1) is 0 Å². The first kappa shape index (κ1) is 25.5. The quantitative estimate of drug-likeness (QED) is 0.141. The van der Waals surface area contributed by atoms with Crippen LogP contribution in [0.25, 0.3) is 11.0 Å². The second-order valence-electron chi connectivity index (χ2n) is 7.39. The van der Waals surface area contributed by atoms with Gasteiger partial charge in [-0.15, -0.1) is 11.8 Å². The molecule has 2 aliphatic rings. The van der Waals surface area contributed by atoms with Crippen LogP contribution >= 0.6 is 23.5 Å². The van der Waals surface area contributed by atoms with Crippen molar-refractivity contribution in [2.45, 2.75) is 22.7 Å². The molecule has 1 aromatic carbocycles. The number of fused-ring (bicyclic) bond motifs is 2. The summed E-state index contributed by atoms with van der Waals surface area (Å²) in [5, 5.41) is 31.4. The van der Waals surface area contributed by atoms with E-state index in [9.17, 15) is 24.6 Å². The number of benzene rings is 1. The molecule has 1 saturated heterocycles. The van der Waals surface area contributed by atoms with Crippen LogP contribution in [0.3, 0.4) is 0 Å². The summed E-state index contributed by atoms with van der Waals surface area (Å²) in [6, 6.07) is 7.29. The van der Waals surface area contributed by atoms with E-state index < -0.39 is 35.3 Å². The normalized spacial score (nSPS) is 20.0. The van der Waals surface area contributed by atoms with Gasteiger partial charge in [0, 0.05) is 10.7 Å². The number of carbonyl (C=O) groups excluding carboxylic acids is 3. The van der Waals surface area contributed by atoms with Gasteiger partial charge in [-0.05, 0) is 5.56 Å². The van der Waals surface area contributed by atoms with Crippen molar-refractivity contribution in [3.8, 4) is 0 Å². The van der Waals surface area contributed by atoms with E-state index in [2.05, 4.69) is 25.5 Å². The minimum absolute atomic E-state index is 0. The first-order chi connectivity index (χ1) is 16.3. The number of rotatable bonds is 6. The van der Waals surface area contributed by atoms with E-state index in [1.807, 2.05) is 0 Å². The summed E-state index contributed by atoms with van der Waals surface area (Å²) >= 11 is 2.22. The number of carbonyl (C=O) groups is 3. The van der Waals surface area contributed by atoms with Crippen molar-refractivity contribution in [3.63, 3.8) is 0 Å². The molecule has 0 radical (unpaired) electrons. The fourth-order valence-corrected chi connectivity index (χ4v) is 6.08. The Balaban J connectivity index is 0.00000289. The van der Waals surface area contributed by atoms with Crippen molar-refractivity contribution in [2.24, 2.45) is 0 Å². The molecule has 4 heterocycles. The third kappa shape index (κ3) is 4.64. The number of anilines is 1. The number of β-lactam (4-membered cyclic amide) rings is 1. The molecule has 5 rings (SSSR count). The number of aromatic nitrogens is 4. The average molecular weight is 522 g/mol. The van der Waals surface area contributed by atoms with Crippen molar-refractivity contribution in [2.75, 3.05) is 11.5 Å². The number of carboxylic acids is 1. The predicted molar refractivity (Wildman–Crippen MR) is 120 cm³/mol. The maximum atomic E-state index is 12.8. The number of nitrogens with one attached hydrogen (secondary N) is 2. The van der Waals surface area contributed by atoms with E-state index in [0.717, 1.165) is 16.7 Å². The number of nitrogen functional groups attached to an aromatic ring is 1. The molecule has 174 valence electrons. The summed E-state index contributed by atoms with van der Waals surface area (Å²) in [5.74, 6) is -2.52. The van der Waals surface area contributed by atoms with Gasteiger partial charge in [0.15, 0.2) is 16.9 Å². The number of thioether (sulfide) groups is 2. The number of aliphatic hydroxyl groups is 1. The van der Waals surface area contributed by atoms with Crippen LogP contribution in [0.15, 0.2) is 52.3 Å². The molecule has 0 bridgehead atoms. The number of nitrogens with zero attached hydrogens (tertiary/aromatic N) is 4. The number of amides is 2. The van der Waals surface area contributed by atoms with Gasteiger partial charge >= 0.3 is 29.6 Å². The molecule has 2 amide bonds. The van der Waals surface area contributed by atoms with Gasteiger partial charge in [0.05, 0.1) is 23.2 Å². The van der Waals surface area contributed by atoms with Gasteiger partial charge in [-0.25, -0.2) is 9.97 Å². The second kappa shape index (κ2) is 10.2. The monoisotopic (exact) mass is 521 g/mol. The van der Waals surface area contributed by atoms with Crippen molar-refractivity contribution in [1.82, 2.24) is 30.4 Å². The third-order valence-corrected chi connectivity index (χ3v) is 7.73. The Morgan fingerprint density at radius 3 is 2.77 bits per heavy atom. The van der Waals surface area contributed by atoms with Crippen LogP contribution in [0.2, 0.25) is 0 Å². The van der Waals surface area contributed by atoms with E-state index >= 15 is 0 Å². The predicted octanol–water partition coefficient (Wildman–Crippen LogP) is -3.87. The van der Waals surface area contributed by atoms with E-state index in [0.29, 0.717) is 21.5 Å². The smallest absolute Gasteiger partial charge is 0.543 e. The summed E-state index contributed by atoms with van der Waals surface area (Å²) in [7, 11) is 0. The van der Waals surface area contributed by atoms with Crippen molar-refractivity contribution >= 4 is 58.2 Å². The van der Waals surface area contributed by atoms with E-state index in [-0.39, 0.29) is 52.0 Å². The van der Waals surface area contributed by atoms with Crippen LogP contribution in [-0.2, 0) is 14.4 Å². The maximum Gasteiger partial charge on any atom is 1.00 e. The van der Waals surface area contributed by atoms with Crippen LogP contribution in [-0.4, -0.2) is 65.1 Å². The fourth-order valence-electron chi connectivity index (χ4n) is 3.67. The summed E-state index contributed by atoms with van der Waals surface area (Å²) in [6.45, 7) is 0. The van der Waals surface area contributed by atoms with E-state index in [1.165, 1.54) is 18.0 Å². The van der Waals surface area contributed by atoms with Crippen molar-refractivity contribution < 1.29 is 54.2 Å². The Kier molecular flexibility index (Phi) is 7.40. The number of H-pyrrole nitrogens is 1. The molecule has 12 nitrogen and oxygen atoms in total. The molecule has 0 spiro atoms. The Morgan fingerprint density at radius 1 is 1.31 bits per heavy atom. The Bertz CT molecular complexity index is 1350. The average Bonchev–Trinajstić information content (AvgIpc) is 3.31. The summed E-state index contributed by atoms with van der Waals surface area (Å²) in [6.07, 6.45) is 0.0208. The molecule has 0 aliphatic carbocycles. The number of aliphatic carboxylic acids is 1. The van der Waals surface area contributed by atoms with E-state index in [1.54, 1.807) is 30.3 Å². The second-order valence-corrected chi connectivity index (χ2v) is 9.56. The summed E-state index contributed by atoms with van der Waals surface area (Å²) < 4.78 is 0. The zero-order valence-electron chi connectivity index (χ0n) is 18.2. The third-order valence-electron chi connectivity index (χ3n) is 5.32. The largest absolute Gasteiger partial charge is 1.00 e. The first-order valence-corrected chi connectivity index (χ1v) is 11.8. The molecule has 35 heavy (non-hydrogen) atoms. The first-order valence-electron chi connectivity index (χ1n) is 9.92. The number of aromatic amines is 1. The van der Waals surface area contributed by atoms with Gasteiger partial charge in [0.2, 0.25) is 0 Å². The van der Waals surface area contributed by atoms with Gasteiger partial charge in [0.1, 0.15) is 17.2 Å². The SMILES string of the molecule is Nc1nc(SC2=C(C(=O)[O-])N3C(=O)C(NC(=O)[C@H](O)c4ccccc4)[C@H]3SC2)nc2[nH]ncc12.[Na+]. The van der Waals surface area contributed by atoms with Crippen molar-refractivity contribution in [3.05, 3.63) is 52.7 Å². The van der Waals surface area contributed by atoms with Gasteiger partial charge in [-0.2, -0.15) is 5.10 Å². The number of nitrogens with two attached hydrogens (primary N) is 1. The zero-order valence-corrected chi connectivity index (χ0v) is 21.8. The molecular formula is C20H16N7NaO5S2. The Labute approximate surface area is 228 Å². The molecule has 0 saturated carbocycles. The minimum Gasteiger partial charge on any atom is -0.543 e. The minimum atomic E-state index is -1.54. The van der Waals surface area contributed by atoms with Gasteiger partial charge in [-0.1, -0.05) is 42.1 Å². The maximum absolute atomic E-state index is 12.8. The van der Waals surface area contributed by atoms with Gasteiger partial charge in [0.25, 0.3) is 11.8 Å². The standard InChI is InChI=1S/C20H17N7O5S2.Na/c21-14-9-6-22-26-15(9)25-20(24-14)34-10-7-33-18-11(17(30)27(18)12(10)19(31)32)23-16(29)13(28)8-4-2-1-3-5-8;/h1-6,11,13,18,28H,7H2,(H,23,29)(H,31,32)(H3,21,22,24,25,26);/q;+1/p-1/t11?,13-,18-;/m1./s1. The summed E-state index contributed by atoms with van der Waals surface area (Å²) in [4.78, 5) is 47.1. The summed E-state index contributed by atoms with van der Waals surface area (Å²) in [5.41, 5.74) is 6.38. The Hall–Kier alpha value is -2.62. The number of hydrogen-bond acceptors (Lipinski definition) is 11. The zero-order chi connectivity index (χ0) is 24.0. The van der Waals surface area contributed by atoms with Gasteiger partial charge < -0.3 is 26.1 Å². The molecule has 15 heteroatoms.